The summed E-state index contributed by atoms with van der Waals surface area (Å²) in [6.07, 6.45) is 3.91. The molecule has 0 aliphatic heterocycles. The van der Waals surface area contributed by atoms with Crippen molar-refractivity contribution in [2.24, 2.45) is 5.41 Å². The van der Waals surface area contributed by atoms with Gasteiger partial charge in [-0.15, -0.1) is 0 Å². The predicted octanol–water partition coefficient (Wildman–Crippen LogP) is 2.77. The molecular formula is C16H25NO3S. The quantitative estimate of drug-likeness (QED) is 0.930. The zero-order valence-corrected chi connectivity index (χ0v) is 13.9. The molecule has 0 unspecified atom stereocenters. The van der Waals surface area contributed by atoms with Crippen LogP contribution in [0, 0.1) is 5.41 Å². The fourth-order valence-corrected chi connectivity index (χ4v) is 4.40. The van der Waals surface area contributed by atoms with E-state index in [-0.39, 0.29) is 17.5 Å². The average molecular weight is 311 g/mol. The third kappa shape index (κ3) is 3.65. The highest BCUT2D eigenvalue weighted by molar-refractivity contribution is 7.89. The number of aliphatic hydroxyl groups is 1. The minimum atomic E-state index is -3.49. The van der Waals surface area contributed by atoms with Crippen LogP contribution in [0.1, 0.15) is 45.1 Å². The second kappa shape index (κ2) is 6.07. The molecule has 1 aliphatic carbocycles. The Balaban J connectivity index is 2.19. The van der Waals surface area contributed by atoms with Gasteiger partial charge in [0.05, 0.1) is 11.5 Å². The maximum atomic E-state index is 12.7. The molecule has 1 aromatic rings. The molecule has 21 heavy (non-hydrogen) atoms. The fraction of sp³-hybridized carbons (Fsp3) is 0.625. The predicted molar refractivity (Wildman–Crippen MR) is 83.4 cm³/mol. The number of aliphatic hydroxyl groups excluding tert-OH is 1. The van der Waals surface area contributed by atoms with Crippen LogP contribution in [0.5, 0.6) is 0 Å². The van der Waals surface area contributed by atoms with Crippen molar-refractivity contribution < 1.29 is 13.5 Å². The van der Waals surface area contributed by atoms with Crippen molar-refractivity contribution in [3.63, 3.8) is 0 Å². The van der Waals surface area contributed by atoms with Gasteiger partial charge in [0.15, 0.2) is 0 Å². The molecule has 0 saturated heterocycles. The lowest BCUT2D eigenvalue weighted by Crippen LogP contribution is -2.40. The number of hydrogen-bond acceptors (Lipinski definition) is 3. The van der Waals surface area contributed by atoms with Crippen LogP contribution >= 0.6 is 0 Å². The summed E-state index contributed by atoms with van der Waals surface area (Å²) in [6.45, 7) is 4.33. The summed E-state index contributed by atoms with van der Waals surface area (Å²) >= 11 is 0. The Bertz CT molecular complexity index is 585. The first kappa shape index (κ1) is 16.5. The van der Waals surface area contributed by atoms with Crippen molar-refractivity contribution in [3.05, 3.63) is 29.8 Å². The first-order valence-corrected chi connectivity index (χ1v) is 8.88. The molecule has 0 bridgehead atoms. The van der Waals surface area contributed by atoms with E-state index in [2.05, 4.69) is 13.8 Å². The van der Waals surface area contributed by atoms with Crippen LogP contribution in [0.4, 0.5) is 0 Å². The Morgan fingerprint density at radius 2 is 1.90 bits per heavy atom. The van der Waals surface area contributed by atoms with Gasteiger partial charge in [-0.1, -0.05) is 26.0 Å². The van der Waals surface area contributed by atoms with Gasteiger partial charge in [0.25, 0.3) is 0 Å². The highest BCUT2D eigenvalue weighted by Crippen LogP contribution is 2.37. The molecule has 0 spiro atoms. The Morgan fingerprint density at radius 3 is 2.48 bits per heavy atom. The molecule has 1 aromatic carbocycles. The second-order valence-corrected chi connectivity index (χ2v) is 8.72. The van der Waals surface area contributed by atoms with E-state index in [1.165, 1.54) is 4.31 Å². The highest BCUT2D eigenvalue weighted by atomic mass is 32.2. The van der Waals surface area contributed by atoms with E-state index in [1.807, 2.05) is 0 Å². The molecule has 1 fully saturated rings. The van der Waals surface area contributed by atoms with E-state index in [0.29, 0.717) is 11.0 Å². The van der Waals surface area contributed by atoms with Crippen molar-refractivity contribution in [3.8, 4) is 0 Å². The zero-order chi connectivity index (χ0) is 15.7. The Morgan fingerprint density at radius 1 is 1.29 bits per heavy atom. The van der Waals surface area contributed by atoms with Gasteiger partial charge in [0.2, 0.25) is 10.0 Å². The molecular weight excluding hydrogens is 286 g/mol. The van der Waals surface area contributed by atoms with Crippen LogP contribution in [0.3, 0.4) is 0 Å². The van der Waals surface area contributed by atoms with Gasteiger partial charge in [-0.3, -0.25) is 0 Å². The standard InChI is InChI=1S/C16H25NO3S/c1-16(2)9-7-14(8-10-16)17(3)21(19,20)15-6-4-5-13(11-15)12-18/h4-6,11,14,18H,7-10,12H2,1-3H3. The summed E-state index contributed by atoms with van der Waals surface area (Å²) < 4.78 is 26.9. The maximum Gasteiger partial charge on any atom is 0.243 e. The molecule has 1 N–H and O–H groups in total. The lowest BCUT2D eigenvalue weighted by molar-refractivity contribution is 0.174. The molecule has 0 amide bonds. The number of rotatable bonds is 4. The lowest BCUT2D eigenvalue weighted by Gasteiger charge is -2.38. The topological polar surface area (TPSA) is 57.6 Å². The van der Waals surface area contributed by atoms with E-state index >= 15 is 0 Å². The number of nitrogens with zero attached hydrogens (tertiary/aromatic N) is 1. The second-order valence-electron chi connectivity index (χ2n) is 6.72. The molecule has 4 nitrogen and oxygen atoms in total. The first-order valence-electron chi connectivity index (χ1n) is 7.44. The van der Waals surface area contributed by atoms with Gasteiger partial charge in [-0.2, -0.15) is 4.31 Å². The minimum absolute atomic E-state index is 0.0702. The van der Waals surface area contributed by atoms with E-state index in [1.54, 1.807) is 31.3 Å². The van der Waals surface area contributed by atoms with Gasteiger partial charge in [0, 0.05) is 13.1 Å². The smallest absolute Gasteiger partial charge is 0.243 e. The Kier molecular flexibility index (Phi) is 4.76. The van der Waals surface area contributed by atoms with Gasteiger partial charge in [0.1, 0.15) is 0 Å². The molecule has 0 atom stereocenters. The molecule has 2 rings (SSSR count). The summed E-state index contributed by atoms with van der Waals surface area (Å²) in [6, 6.07) is 6.62. The monoisotopic (exact) mass is 311 g/mol. The Labute approximate surface area is 127 Å². The Hall–Kier alpha value is -0.910. The number of sulfonamides is 1. The molecule has 0 heterocycles. The van der Waals surface area contributed by atoms with E-state index in [9.17, 15) is 8.42 Å². The molecule has 1 aliphatic rings. The van der Waals surface area contributed by atoms with Gasteiger partial charge < -0.3 is 5.11 Å². The molecule has 5 heteroatoms. The van der Waals surface area contributed by atoms with Crippen molar-refractivity contribution >= 4 is 10.0 Å². The van der Waals surface area contributed by atoms with Crippen molar-refractivity contribution in [1.29, 1.82) is 0 Å². The van der Waals surface area contributed by atoms with Crippen LogP contribution in [0.25, 0.3) is 0 Å². The minimum Gasteiger partial charge on any atom is -0.392 e. The molecule has 0 radical (unpaired) electrons. The third-order valence-corrected chi connectivity index (χ3v) is 6.49. The first-order chi connectivity index (χ1) is 9.76. The SMILES string of the molecule is CN(C1CCC(C)(C)CC1)S(=O)(=O)c1cccc(CO)c1. The maximum absolute atomic E-state index is 12.7. The van der Waals surface area contributed by atoms with Gasteiger partial charge in [-0.05, 0) is 48.8 Å². The normalized spacial score (nSPS) is 19.9. The molecule has 1 saturated carbocycles. The summed E-state index contributed by atoms with van der Waals surface area (Å²) in [5.74, 6) is 0. The van der Waals surface area contributed by atoms with Crippen LogP contribution in [-0.2, 0) is 16.6 Å². The van der Waals surface area contributed by atoms with Gasteiger partial charge in [-0.25, -0.2) is 8.42 Å². The van der Waals surface area contributed by atoms with E-state index in [4.69, 9.17) is 5.11 Å². The van der Waals surface area contributed by atoms with E-state index in [0.717, 1.165) is 25.7 Å². The number of benzene rings is 1. The van der Waals surface area contributed by atoms with Gasteiger partial charge >= 0.3 is 0 Å². The molecule has 118 valence electrons. The van der Waals surface area contributed by atoms with Crippen molar-refractivity contribution in [2.75, 3.05) is 7.05 Å². The number of hydrogen-bond donors (Lipinski definition) is 1. The molecule has 0 aromatic heterocycles. The summed E-state index contributed by atoms with van der Waals surface area (Å²) in [5.41, 5.74) is 0.937. The van der Waals surface area contributed by atoms with Crippen LogP contribution in [0.15, 0.2) is 29.2 Å². The van der Waals surface area contributed by atoms with E-state index < -0.39 is 10.0 Å². The third-order valence-electron chi connectivity index (χ3n) is 4.58. The summed E-state index contributed by atoms with van der Waals surface area (Å²) in [4.78, 5) is 0.265. The van der Waals surface area contributed by atoms with Crippen molar-refractivity contribution in [1.82, 2.24) is 4.31 Å². The lowest BCUT2D eigenvalue weighted by atomic mass is 9.76. The van der Waals surface area contributed by atoms with Crippen LogP contribution in [0.2, 0.25) is 0 Å². The summed E-state index contributed by atoms with van der Waals surface area (Å²) in [7, 11) is -1.82. The van der Waals surface area contributed by atoms with Crippen molar-refractivity contribution in [2.45, 2.75) is 57.1 Å². The highest BCUT2D eigenvalue weighted by Gasteiger charge is 2.34. The van der Waals surface area contributed by atoms with Crippen LogP contribution in [-0.4, -0.2) is 30.9 Å². The van der Waals surface area contributed by atoms with Crippen LogP contribution < -0.4 is 0 Å². The zero-order valence-electron chi connectivity index (χ0n) is 13.0. The average Bonchev–Trinajstić information content (AvgIpc) is 2.46. The largest absolute Gasteiger partial charge is 0.392 e. The fourth-order valence-electron chi connectivity index (χ4n) is 2.91. The summed E-state index contributed by atoms with van der Waals surface area (Å²) in [5, 5.41) is 9.16.